The molecular formula is C14H15BFOP. The fourth-order valence-electron chi connectivity index (χ4n) is 2.12. The number of hydrogen-bond acceptors (Lipinski definition) is 1. The average Bonchev–Trinajstić information content (AvgIpc) is 2.28. The number of halogens is 1. The van der Waals surface area contributed by atoms with Crippen molar-refractivity contribution in [2.45, 2.75) is 13.8 Å². The molecule has 0 aliphatic rings. The Hall–Kier alpha value is -1.18. The Kier molecular flexibility index (Phi) is 3.84. The molecule has 1 N–H and O–H groups in total. The summed E-state index contributed by atoms with van der Waals surface area (Å²) in [6.07, 6.45) is 0. The second kappa shape index (κ2) is 5.21. The predicted molar refractivity (Wildman–Crippen MR) is 78.9 cm³/mol. The van der Waals surface area contributed by atoms with Crippen molar-refractivity contribution in [3.8, 4) is 0 Å². The van der Waals surface area contributed by atoms with Crippen LogP contribution in [0.4, 0.5) is 4.39 Å². The maximum absolute atomic E-state index is 13.1. The summed E-state index contributed by atoms with van der Waals surface area (Å²) >= 11 is 0. The fraction of sp³-hybridized carbons (Fsp3) is 0.143. The SMILES string of the molecule is Cc1cc(F)ccc1B(O)c1ccc(P)cc1C. The van der Waals surface area contributed by atoms with Crippen molar-refractivity contribution in [1.29, 1.82) is 0 Å². The quantitative estimate of drug-likeness (QED) is 0.632. The molecule has 92 valence electrons. The van der Waals surface area contributed by atoms with Crippen molar-refractivity contribution in [2.75, 3.05) is 0 Å². The lowest BCUT2D eigenvalue weighted by atomic mass is 9.53. The first-order chi connectivity index (χ1) is 8.49. The van der Waals surface area contributed by atoms with Crippen molar-refractivity contribution in [3.63, 3.8) is 0 Å². The van der Waals surface area contributed by atoms with Gasteiger partial charge in [-0.05, 0) is 42.2 Å². The van der Waals surface area contributed by atoms with E-state index in [1.165, 1.54) is 12.1 Å². The molecule has 1 unspecified atom stereocenters. The van der Waals surface area contributed by atoms with Crippen LogP contribution in [0.3, 0.4) is 0 Å². The zero-order valence-electron chi connectivity index (χ0n) is 10.4. The largest absolute Gasteiger partial charge is 0.443 e. The first-order valence-electron chi connectivity index (χ1n) is 5.79. The van der Waals surface area contributed by atoms with E-state index in [-0.39, 0.29) is 5.82 Å². The van der Waals surface area contributed by atoms with Gasteiger partial charge in [-0.1, -0.05) is 35.4 Å². The van der Waals surface area contributed by atoms with Crippen LogP contribution < -0.4 is 16.2 Å². The summed E-state index contributed by atoms with van der Waals surface area (Å²) in [4.78, 5) is 0. The molecule has 0 heterocycles. The Balaban J connectivity index is 2.44. The van der Waals surface area contributed by atoms with E-state index in [1.807, 2.05) is 25.1 Å². The smallest absolute Gasteiger partial charge is 0.359 e. The van der Waals surface area contributed by atoms with Gasteiger partial charge in [0.15, 0.2) is 0 Å². The molecule has 1 atom stereocenters. The first kappa shape index (κ1) is 13.3. The van der Waals surface area contributed by atoms with Crippen LogP contribution in [-0.2, 0) is 0 Å². The molecule has 2 aromatic rings. The molecule has 18 heavy (non-hydrogen) atoms. The minimum Gasteiger partial charge on any atom is -0.443 e. The third kappa shape index (κ3) is 2.63. The lowest BCUT2D eigenvalue weighted by Gasteiger charge is -2.13. The van der Waals surface area contributed by atoms with Crippen LogP contribution in [0.1, 0.15) is 11.1 Å². The van der Waals surface area contributed by atoms with Crippen molar-refractivity contribution in [1.82, 2.24) is 0 Å². The highest BCUT2D eigenvalue weighted by Crippen LogP contribution is 2.03. The van der Waals surface area contributed by atoms with Gasteiger partial charge >= 0.3 is 6.92 Å². The Morgan fingerprint density at radius 3 is 2.11 bits per heavy atom. The topological polar surface area (TPSA) is 20.2 Å². The van der Waals surface area contributed by atoms with Gasteiger partial charge in [-0.15, -0.1) is 9.24 Å². The molecule has 0 aromatic heterocycles. The van der Waals surface area contributed by atoms with E-state index >= 15 is 0 Å². The number of hydrogen-bond donors (Lipinski definition) is 1. The lowest BCUT2D eigenvalue weighted by Crippen LogP contribution is -2.45. The molecule has 4 heteroatoms. The minimum atomic E-state index is -0.712. The highest BCUT2D eigenvalue weighted by atomic mass is 31.0. The monoisotopic (exact) mass is 260 g/mol. The van der Waals surface area contributed by atoms with Gasteiger partial charge in [0.1, 0.15) is 5.82 Å². The Labute approximate surface area is 109 Å². The van der Waals surface area contributed by atoms with E-state index < -0.39 is 6.92 Å². The van der Waals surface area contributed by atoms with Crippen LogP contribution in [0.15, 0.2) is 36.4 Å². The fourth-order valence-corrected chi connectivity index (χ4v) is 2.47. The summed E-state index contributed by atoms with van der Waals surface area (Å²) in [6, 6.07) is 10.3. The molecule has 0 radical (unpaired) electrons. The standard InChI is InChI=1S/C14H15BFOP/c1-9-7-11(16)3-5-13(9)15(17)14-6-4-12(18)8-10(14)2/h3-8,17H,18H2,1-2H3. The molecule has 0 spiro atoms. The van der Waals surface area contributed by atoms with Gasteiger partial charge < -0.3 is 5.02 Å². The Morgan fingerprint density at radius 2 is 1.56 bits per heavy atom. The zero-order valence-corrected chi connectivity index (χ0v) is 11.6. The van der Waals surface area contributed by atoms with Gasteiger partial charge in [-0.25, -0.2) is 4.39 Å². The van der Waals surface area contributed by atoms with Crippen LogP contribution >= 0.6 is 9.24 Å². The second-order valence-corrected chi connectivity index (χ2v) is 5.19. The van der Waals surface area contributed by atoms with Crippen molar-refractivity contribution >= 4 is 32.4 Å². The summed E-state index contributed by atoms with van der Waals surface area (Å²) in [5.41, 5.74) is 3.39. The molecule has 0 saturated carbocycles. The van der Waals surface area contributed by atoms with E-state index in [9.17, 15) is 9.41 Å². The highest BCUT2D eigenvalue weighted by Gasteiger charge is 2.20. The molecule has 0 amide bonds. The van der Waals surface area contributed by atoms with Crippen molar-refractivity contribution < 1.29 is 9.41 Å². The zero-order chi connectivity index (χ0) is 13.3. The van der Waals surface area contributed by atoms with E-state index in [4.69, 9.17) is 0 Å². The van der Waals surface area contributed by atoms with Crippen molar-refractivity contribution in [2.24, 2.45) is 0 Å². The molecular weight excluding hydrogens is 245 g/mol. The summed E-state index contributed by atoms with van der Waals surface area (Å²) in [5, 5.41) is 11.5. The van der Waals surface area contributed by atoms with Crippen LogP contribution in [-0.4, -0.2) is 11.9 Å². The van der Waals surface area contributed by atoms with Gasteiger partial charge in [0.05, 0.1) is 0 Å². The van der Waals surface area contributed by atoms with Crippen LogP contribution in [0.2, 0.25) is 0 Å². The Bertz CT molecular complexity index is 535. The molecule has 0 aliphatic heterocycles. The molecule has 0 bridgehead atoms. The molecule has 2 aromatic carbocycles. The normalized spacial score (nSPS) is 10.5. The number of benzene rings is 2. The van der Waals surface area contributed by atoms with Crippen LogP contribution in [0, 0.1) is 19.7 Å². The maximum atomic E-state index is 13.1. The third-order valence-corrected chi connectivity index (χ3v) is 3.47. The van der Waals surface area contributed by atoms with Gasteiger partial charge in [-0.2, -0.15) is 0 Å². The molecule has 2 rings (SSSR count). The van der Waals surface area contributed by atoms with E-state index in [0.717, 1.165) is 27.4 Å². The van der Waals surface area contributed by atoms with E-state index in [1.54, 1.807) is 13.0 Å². The van der Waals surface area contributed by atoms with E-state index in [0.29, 0.717) is 0 Å². The first-order valence-corrected chi connectivity index (χ1v) is 6.37. The molecule has 0 aliphatic carbocycles. The minimum absolute atomic E-state index is 0.277. The number of rotatable bonds is 2. The second-order valence-electron chi connectivity index (χ2n) is 4.52. The van der Waals surface area contributed by atoms with Gasteiger partial charge in [-0.3, -0.25) is 0 Å². The molecule has 0 fully saturated rings. The summed E-state index contributed by atoms with van der Waals surface area (Å²) < 4.78 is 13.1. The lowest BCUT2D eigenvalue weighted by molar-refractivity contribution is 0.599. The van der Waals surface area contributed by atoms with Crippen LogP contribution in [0.25, 0.3) is 0 Å². The molecule has 0 saturated heterocycles. The van der Waals surface area contributed by atoms with Crippen LogP contribution in [0.5, 0.6) is 0 Å². The van der Waals surface area contributed by atoms with Crippen molar-refractivity contribution in [3.05, 3.63) is 53.3 Å². The van der Waals surface area contributed by atoms with Gasteiger partial charge in [0.2, 0.25) is 0 Å². The summed E-state index contributed by atoms with van der Waals surface area (Å²) in [7, 11) is 2.63. The van der Waals surface area contributed by atoms with Gasteiger partial charge in [0, 0.05) is 0 Å². The average molecular weight is 260 g/mol. The van der Waals surface area contributed by atoms with Gasteiger partial charge in [0.25, 0.3) is 0 Å². The highest BCUT2D eigenvalue weighted by molar-refractivity contribution is 7.27. The number of aryl methyl sites for hydroxylation is 2. The predicted octanol–water partition coefficient (Wildman–Crippen LogP) is 1.04. The Morgan fingerprint density at radius 1 is 1.00 bits per heavy atom. The summed E-state index contributed by atoms with van der Waals surface area (Å²) in [5.74, 6) is -0.277. The molecule has 1 nitrogen and oxygen atoms in total. The third-order valence-electron chi connectivity index (χ3n) is 3.11. The van der Waals surface area contributed by atoms with E-state index in [2.05, 4.69) is 9.24 Å². The summed E-state index contributed by atoms with van der Waals surface area (Å²) in [6.45, 7) is 3.06. The maximum Gasteiger partial charge on any atom is 0.359 e.